The van der Waals surface area contributed by atoms with Crippen molar-refractivity contribution in [1.29, 1.82) is 0 Å². The summed E-state index contributed by atoms with van der Waals surface area (Å²) >= 11 is 1.56. The van der Waals surface area contributed by atoms with E-state index >= 15 is 0 Å². The fourth-order valence-corrected chi connectivity index (χ4v) is 3.33. The molecule has 6 nitrogen and oxygen atoms in total. The zero-order chi connectivity index (χ0) is 19.8. The number of methoxy groups -OCH3 is 1. The minimum Gasteiger partial charge on any atom is -0.386 e. The van der Waals surface area contributed by atoms with E-state index in [-0.39, 0.29) is 18.2 Å². The number of hydrogen-bond acceptors (Lipinski definition) is 5. The molecule has 148 valence electrons. The largest absolute Gasteiger partial charge is 0.386 e. The van der Waals surface area contributed by atoms with E-state index in [0.717, 1.165) is 10.7 Å². The number of rotatable bonds is 8. The van der Waals surface area contributed by atoms with E-state index in [2.05, 4.69) is 15.3 Å². The molecule has 8 heteroatoms. The number of guanidine groups is 1. The predicted molar refractivity (Wildman–Crippen MR) is 106 cm³/mol. The Hall–Kier alpha value is -2.03. The van der Waals surface area contributed by atoms with Crippen LogP contribution in [0.4, 0.5) is 4.39 Å². The van der Waals surface area contributed by atoms with Crippen LogP contribution in [0.15, 0.2) is 34.6 Å². The minimum absolute atomic E-state index is 0.0353. The molecule has 0 fully saturated rings. The number of thiazole rings is 1. The van der Waals surface area contributed by atoms with Crippen molar-refractivity contribution in [2.24, 2.45) is 4.99 Å². The highest BCUT2D eigenvalue weighted by Crippen LogP contribution is 2.21. The maximum Gasteiger partial charge on any atom is 0.194 e. The lowest BCUT2D eigenvalue weighted by atomic mass is 10.1. The lowest BCUT2D eigenvalue weighted by Crippen LogP contribution is -2.38. The maximum atomic E-state index is 13.8. The first-order chi connectivity index (χ1) is 13.0. The first-order valence-corrected chi connectivity index (χ1v) is 9.73. The summed E-state index contributed by atoms with van der Waals surface area (Å²) in [5.74, 6) is 0.197. The molecular weight excluding hydrogens is 367 g/mol. The van der Waals surface area contributed by atoms with Crippen LogP contribution in [-0.4, -0.2) is 48.2 Å². The molecule has 1 aromatic carbocycles. The second-order valence-corrected chi connectivity index (χ2v) is 7.03. The van der Waals surface area contributed by atoms with Crippen LogP contribution in [0.1, 0.15) is 42.3 Å². The van der Waals surface area contributed by atoms with Crippen LogP contribution in [0.5, 0.6) is 0 Å². The molecule has 0 saturated carbocycles. The van der Waals surface area contributed by atoms with Gasteiger partial charge in [0.15, 0.2) is 5.96 Å². The van der Waals surface area contributed by atoms with Crippen molar-refractivity contribution in [3.8, 4) is 0 Å². The molecule has 2 unspecified atom stereocenters. The van der Waals surface area contributed by atoms with Crippen LogP contribution < -0.4 is 5.32 Å². The van der Waals surface area contributed by atoms with Crippen LogP contribution in [0.2, 0.25) is 0 Å². The number of hydrogen-bond donors (Lipinski definition) is 2. The quantitative estimate of drug-likeness (QED) is 0.532. The summed E-state index contributed by atoms with van der Waals surface area (Å²) in [4.78, 5) is 11.0. The number of ether oxygens (including phenoxy) is 1. The Balaban J connectivity index is 2.05. The Morgan fingerprint density at radius 1 is 1.44 bits per heavy atom. The van der Waals surface area contributed by atoms with Crippen molar-refractivity contribution in [3.63, 3.8) is 0 Å². The van der Waals surface area contributed by atoms with Gasteiger partial charge in [-0.3, -0.25) is 4.99 Å². The Morgan fingerprint density at radius 2 is 2.19 bits per heavy atom. The van der Waals surface area contributed by atoms with E-state index in [0.29, 0.717) is 19.0 Å². The smallest absolute Gasteiger partial charge is 0.194 e. The van der Waals surface area contributed by atoms with Gasteiger partial charge in [0.25, 0.3) is 0 Å². The van der Waals surface area contributed by atoms with Crippen LogP contribution in [-0.2, 0) is 11.3 Å². The number of benzene rings is 1. The Bertz CT molecular complexity index is 753. The minimum atomic E-state index is -0.998. The van der Waals surface area contributed by atoms with E-state index in [1.165, 1.54) is 6.07 Å². The van der Waals surface area contributed by atoms with Crippen molar-refractivity contribution in [3.05, 3.63) is 51.7 Å². The van der Waals surface area contributed by atoms with E-state index in [9.17, 15) is 9.50 Å². The monoisotopic (exact) mass is 394 g/mol. The van der Waals surface area contributed by atoms with Gasteiger partial charge in [0, 0.05) is 31.6 Å². The van der Waals surface area contributed by atoms with Gasteiger partial charge < -0.3 is 20.1 Å². The highest BCUT2D eigenvalue weighted by molar-refractivity contribution is 7.09. The van der Waals surface area contributed by atoms with Crippen molar-refractivity contribution >= 4 is 17.3 Å². The fraction of sp³-hybridized carbons (Fsp3) is 0.474. The second-order valence-electron chi connectivity index (χ2n) is 6.14. The SMILES string of the molecule is CCNC(=NCC(O)c1ccccc1F)N(C)Cc1csc(C(C)OC)n1. The zero-order valence-electron chi connectivity index (χ0n) is 16.1. The van der Waals surface area contributed by atoms with Crippen molar-refractivity contribution in [2.75, 3.05) is 27.2 Å². The van der Waals surface area contributed by atoms with Gasteiger partial charge in [0.1, 0.15) is 23.0 Å². The van der Waals surface area contributed by atoms with Gasteiger partial charge in [-0.25, -0.2) is 9.37 Å². The number of aliphatic hydroxyl groups is 1. The first kappa shape index (κ1) is 21.3. The third-order valence-electron chi connectivity index (χ3n) is 4.04. The summed E-state index contributed by atoms with van der Waals surface area (Å²) in [5, 5.41) is 16.4. The highest BCUT2D eigenvalue weighted by atomic mass is 32.1. The zero-order valence-corrected chi connectivity index (χ0v) is 17.0. The Labute approximate surface area is 163 Å². The lowest BCUT2D eigenvalue weighted by Gasteiger charge is -2.22. The fourth-order valence-electron chi connectivity index (χ4n) is 2.49. The van der Waals surface area contributed by atoms with Crippen molar-refractivity contribution in [1.82, 2.24) is 15.2 Å². The number of aromatic nitrogens is 1. The molecule has 1 aromatic heterocycles. The van der Waals surface area contributed by atoms with Gasteiger partial charge in [-0.2, -0.15) is 0 Å². The number of halogens is 1. The van der Waals surface area contributed by atoms with Gasteiger partial charge in [-0.1, -0.05) is 18.2 Å². The standard InChI is InChI=1S/C19H27FN4O2S/c1-5-21-19(22-10-17(25)15-8-6-7-9-16(15)20)24(3)11-14-12-27-18(23-14)13(2)26-4/h6-9,12-13,17,25H,5,10-11H2,1-4H3,(H,21,22). The normalized spacial score (nSPS) is 14.1. The summed E-state index contributed by atoms with van der Waals surface area (Å²) < 4.78 is 19.1. The molecule has 0 aliphatic heterocycles. The number of aliphatic hydroxyl groups excluding tert-OH is 1. The average molecular weight is 395 g/mol. The van der Waals surface area contributed by atoms with Gasteiger partial charge >= 0.3 is 0 Å². The molecule has 1 heterocycles. The molecule has 0 aliphatic rings. The highest BCUT2D eigenvalue weighted by Gasteiger charge is 2.15. The van der Waals surface area contributed by atoms with E-state index in [1.807, 2.05) is 31.2 Å². The second kappa shape index (κ2) is 10.3. The van der Waals surface area contributed by atoms with Crippen LogP contribution in [0.25, 0.3) is 0 Å². The summed E-state index contributed by atoms with van der Waals surface area (Å²) in [7, 11) is 3.56. The molecule has 27 heavy (non-hydrogen) atoms. The molecule has 0 radical (unpaired) electrons. The van der Waals surface area contributed by atoms with Crippen molar-refractivity contribution < 1.29 is 14.2 Å². The summed E-state index contributed by atoms with van der Waals surface area (Å²) in [6, 6.07) is 6.20. The maximum absolute atomic E-state index is 13.8. The molecule has 0 spiro atoms. The lowest BCUT2D eigenvalue weighted by molar-refractivity contribution is 0.119. The van der Waals surface area contributed by atoms with Crippen LogP contribution in [0.3, 0.4) is 0 Å². The van der Waals surface area contributed by atoms with E-state index < -0.39 is 11.9 Å². The number of nitrogens with one attached hydrogen (secondary N) is 1. The topological polar surface area (TPSA) is 70.0 Å². The van der Waals surface area contributed by atoms with Crippen molar-refractivity contribution in [2.45, 2.75) is 32.6 Å². The molecule has 0 aliphatic carbocycles. The molecule has 2 aromatic rings. The first-order valence-electron chi connectivity index (χ1n) is 8.85. The number of nitrogens with zero attached hydrogens (tertiary/aromatic N) is 3. The number of aliphatic imine (C=N–C) groups is 1. The third-order valence-corrected chi connectivity index (χ3v) is 5.10. The van der Waals surface area contributed by atoms with Crippen LogP contribution >= 0.6 is 11.3 Å². The van der Waals surface area contributed by atoms with Crippen LogP contribution in [0, 0.1) is 5.82 Å². The summed E-state index contributed by atoms with van der Waals surface area (Å²) in [6.07, 6.45) is -1.03. The van der Waals surface area contributed by atoms with Gasteiger partial charge in [0.05, 0.1) is 18.8 Å². The van der Waals surface area contributed by atoms with Gasteiger partial charge in [0.2, 0.25) is 0 Å². The molecule has 0 amide bonds. The molecule has 2 atom stereocenters. The van der Waals surface area contributed by atoms with Gasteiger partial charge in [-0.05, 0) is 19.9 Å². The summed E-state index contributed by atoms with van der Waals surface area (Å²) in [5.41, 5.74) is 1.17. The Morgan fingerprint density at radius 3 is 2.85 bits per heavy atom. The molecule has 2 rings (SSSR count). The Kier molecular flexibility index (Phi) is 8.15. The van der Waals surface area contributed by atoms with E-state index in [1.54, 1.807) is 36.6 Å². The summed E-state index contributed by atoms with van der Waals surface area (Å²) in [6.45, 7) is 5.24. The van der Waals surface area contributed by atoms with Gasteiger partial charge in [-0.15, -0.1) is 11.3 Å². The van der Waals surface area contributed by atoms with E-state index in [4.69, 9.17) is 4.74 Å². The molecule has 2 N–H and O–H groups in total. The molecule has 0 bridgehead atoms. The molecular formula is C19H27FN4O2S. The third kappa shape index (κ3) is 5.98. The average Bonchev–Trinajstić information content (AvgIpc) is 3.13. The molecule has 0 saturated heterocycles. The predicted octanol–water partition coefficient (Wildman–Crippen LogP) is 3.12.